The quantitative estimate of drug-likeness (QED) is 0.633. The molecule has 0 aliphatic heterocycles. The first kappa shape index (κ1) is 11.9. The largest absolute Gasteiger partial charge is 0.205 e. The summed E-state index contributed by atoms with van der Waals surface area (Å²) < 4.78 is 14.9. The molecule has 2 rings (SSSR count). The summed E-state index contributed by atoms with van der Waals surface area (Å²) in [5.74, 6) is -0.356. The number of benzene rings is 2. The highest BCUT2D eigenvalue weighted by atomic mass is 127. The topological polar surface area (TPSA) is 0 Å². The fourth-order valence-electron chi connectivity index (χ4n) is 1.55. The summed E-state index contributed by atoms with van der Waals surface area (Å²) in [6.07, 6.45) is 0. The minimum atomic E-state index is -0.356. The number of hydrogen-bond acceptors (Lipinski definition) is 0. The van der Waals surface area contributed by atoms with E-state index < -0.39 is 0 Å². The fraction of sp³-hybridized carbons (Fsp3) is 0.0769. The Bertz CT molecular complexity index is 537. The van der Waals surface area contributed by atoms with Crippen molar-refractivity contribution in [1.82, 2.24) is 0 Å². The molecule has 0 atom stereocenters. The zero-order chi connectivity index (χ0) is 11.7. The predicted molar refractivity (Wildman–Crippen MR) is 74.3 cm³/mol. The zero-order valence-corrected chi connectivity index (χ0v) is 11.5. The molecule has 2 aromatic carbocycles. The molecule has 0 aliphatic carbocycles. The monoisotopic (exact) mass is 346 g/mol. The lowest BCUT2D eigenvalue weighted by molar-refractivity contribution is 0.631. The maximum atomic E-state index is 13.8. The summed E-state index contributed by atoms with van der Waals surface area (Å²) in [7, 11) is 0. The molecule has 0 spiro atoms. The van der Waals surface area contributed by atoms with Gasteiger partial charge in [0.15, 0.2) is 0 Å². The van der Waals surface area contributed by atoms with Gasteiger partial charge in [-0.2, -0.15) is 0 Å². The third-order valence-electron chi connectivity index (χ3n) is 2.37. The summed E-state index contributed by atoms with van der Waals surface area (Å²) in [6, 6.07) is 11.0. The van der Waals surface area contributed by atoms with Crippen LogP contribution in [0.15, 0.2) is 36.4 Å². The van der Waals surface area contributed by atoms with Crippen LogP contribution in [0.1, 0.15) is 5.56 Å². The zero-order valence-electron chi connectivity index (χ0n) is 8.60. The Morgan fingerprint density at radius 2 is 1.88 bits per heavy atom. The summed E-state index contributed by atoms with van der Waals surface area (Å²) in [5, 5.41) is 0.161. The van der Waals surface area contributed by atoms with Crippen molar-refractivity contribution in [2.45, 2.75) is 6.92 Å². The van der Waals surface area contributed by atoms with Crippen molar-refractivity contribution in [2.24, 2.45) is 0 Å². The Morgan fingerprint density at radius 1 is 1.12 bits per heavy atom. The second-order valence-electron chi connectivity index (χ2n) is 3.58. The Morgan fingerprint density at radius 3 is 2.56 bits per heavy atom. The SMILES string of the molecule is Cc1ccc(-c2cccc(Cl)c2F)c(I)c1. The maximum Gasteiger partial charge on any atom is 0.149 e. The molecular weight excluding hydrogens is 337 g/mol. The van der Waals surface area contributed by atoms with Crippen molar-refractivity contribution >= 4 is 34.2 Å². The number of rotatable bonds is 1. The molecule has 2 aromatic rings. The van der Waals surface area contributed by atoms with Crippen LogP contribution in [0.4, 0.5) is 4.39 Å². The summed E-state index contributed by atoms with van der Waals surface area (Å²) in [4.78, 5) is 0. The van der Waals surface area contributed by atoms with Crippen molar-refractivity contribution in [3.05, 3.63) is 56.4 Å². The van der Waals surface area contributed by atoms with E-state index in [1.807, 2.05) is 25.1 Å². The van der Waals surface area contributed by atoms with Gasteiger partial charge >= 0.3 is 0 Å². The molecule has 0 bridgehead atoms. The Balaban J connectivity index is 2.63. The van der Waals surface area contributed by atoms with Gasteiger partial charge < -0.3 is 0 Å². The molecular formula is C13H9ClFI. The van der Waals surface area contributed by atoms with Crippen LogP contribution < -0.4 is 0 Å². The standard InChI is InChI=1S/C13H9ClFI/c1-8-5-6-9(12(16)7-8)10-3-2-4-11(14)13(10)15/h2-7H,1H3. The lowest BCUT2D eigenvalue weighted by Gasteiger charge is -2.07. The van der Waals surface area contributed by atoms with Crippen LogP contribution in [0.25, 0.3) is 11.1 Å². The molecule has 16 heavy (non-hydrogen) atoms. The minimum Gasteiger partial charge on any atom is -0.205 e. The van der Waals surface area contributed by atoms with Gasteiger partial charge in [-0.3, -0.25) is 0 Å². The first-order valence-electron chi connectivity index (χ1n) is 4.80. The lowest BCUT2D eigenvalue weighted by atomic mass is 10.0. The second-order valence-corrected chi connectivity index (χ2v) is 5.15. The molecule has 0 aromatic heterocycles. The molecule has 0 saturated carbocycles. The molecule has 0 heterocycles. The highest BCUT2D eigenvalue weighted by Crippen LogP contribution is 2.31. The molecule has 82 valence electrons. The molecule has 0 aliphatic rings. The summed E-state index contributed by atoms with van der Waals surface area (Å²) in [5.41, 5.74) is 2.60. The Labute approximate surface area is 113 Å². The molecule has 0 radical (unpaired) electrons. The van der Waals surface area contributed by atoms with E-state index >= 15 is 0 Å². The van der Waals surface area contributed by atoms with Crippen LogP contribution in [-0.4, -0.2) is 0 Å². The third kappa shape index (κ3) is 2.23. The smallest absolute Gasteiger partial charge is 0.149 e. The molecule has 0 nitrogen and oxygen atoms in total. The predicted octanol–water partition coefficient (Wildman–Crippen LogP) is 5.06. The van der Waals surface area contributed by atoms with Crippen LogP contribution >= 0.6 is 34.2 Å². The van der Waals surface area contributed by atoms with Crippen LogP contribution in [0.3, 0.4) is 0 Å². The van der Waals surface area contributed by atoms with E-state index in [-0.39, 0.29) is 10.8 Å². The van der Waals surface area contributed by atoms with Gasteiger partial charge in [0.2, 0.25) is 0 Å². The molecule has 0 unspecified atom stereocenters. The highest BCUT2D eigenvalue weighted by Gasteiger charge is 2.10. The number of halogens is 3. The number of aryl methyl sites for hydroxylation is 1. The van der Waals surface area contributed by atoms with Gasteiger partial charge in [-0.05, 0) is 47.2 Å². The van der Waals surface area contributed by atoms with E-state index in [9.17, 15) is 4.39 Å². The van der Waals surface area contributed by atoms with Crippen molar-refractivity contribution in [3.8, 4) is 11.1 Å². The summed E-state index contributed by atoms with van der Waals surface area (Å²) in [6.45, 7) is 2.01. The van der Waals surface area contributed by atoms with E-state index in [0.29, 0.717) is 5.56 Å². The van der Waals surface area contributed by atoms with Crippen LogP contribution in [0.2, 0.25) is 5.02 Å². The average molecular weight is 347 g/mol. The van der Waals surface area contributed by atoms with Crippen molar-refractivity contribution in [1.29, 1.82) is 0 Å². The second kappa shape index (κ2) is 4.72. The van der Waals surface area contributed by atoms with Crippen LogP contribution in [0, 0.1) is 16.3 Å². The highest BCUT2D eigenvalue weighted by molar-refractivity contribution is 14.1. The van der Waals surface area contributed by atoms with Gasteiger partial charge in [-0.25, -0.2) is 4.39 Å². The minimum absolute atomic E-state index is 0.161. The normalized spacial score (nSPS) is 10.5. The van der Waals surface area contributed by atoms with E-state index in [2.05, 4.69) is 22.6 Å². The van der Waals surface area contributed by atoms with Gasteiger partial charge in [-0.1, -0.05) is 41.4 Å². The van der Waals surface area contributed by atoms with Crippen molar-refractivity contribution < 1.29 is 4.39 Å². The lowest BCUT2D eigenvalue weighted by Crippen LogP contribution is -1.89. The molecule has 0 N–H and O–H groups in total. The van der Waals surface area contributed by atoms with E-state index in [1.165, 1.54) is 0 Å². The molecule has 0 saturated heterocycles. The van der Waals surface area contributed by atoms with E-state index in [0.717, 1.165) is 14.7 Å². The molecule has 3 heteroatoms. The van der Waals surface area contributed by atoms with Gasteiger partial charge in [0.25, 0.3) is 0 Å². The summed E-state index contributed by atoms with van der Waals surface area (Å²) >= 11 is 7.98. The molecule has 0 amide bonds. The first-order chi connectivity index (χ1) is 7.59. The van der Waals surface area contributed by atoms with Crippen LogP contribution in [0.5, 0.6) is 0 Å². The van der Waals surface area contributed by atoms with Crippen molar-refractivity contribution in [3.63, 3.8) is 0 Å². The fourth-order valence-corrected chi connectivity index (χ4v) is 2.69. The van der Waals surface area contributed by atoms with Crippen molar-refractivity contribution in [2.75, 3.05) is 0 Å². The van der Waals surface area contributed by atoms with Crippen LogP contribution in [-0.2, 0) is 0 Å². The third-order valence-corrected chi connectivity index (χ3v) is 3.55. The Hall–Kier alpha value is -0.610. The van der Waals surface area contributed by atoms with E-state index in [4.69, 9.17) is 11.6 Å². The average Bonchev–Trinajstić information content (AvgIpc) is 2.23. The number of hydrogen-bond donors (Lipinski definition) is 0. The van der Waals surface area contributed by atoms with Gasteiger partial charge in [0, 0.05) is 9.13 Å². The van der Waals surface area contributed by atoms with Gasteiger partial charge in [0.05, 0.1) is 5.02 Å². The maximum absolute atomic E-state index is 13.8. The first-order valence-corrected chi connectivity index (χ1v) is 6.26. The van der Waals surface area contributed by atoms with E-state index in [1.54, 1.807) is 18.2 Å². The van der Waals surface area contributed by atoms with Gasteiger partial charge in [-0.15, -0.1) is 0 Å². The van der Waals surface area contributed by atoms with Gasteiger partial charge in [0.1, 0.15) is 5.82 Å². The Kier molecular flexibility index (Phi) is 3.50. The molecule has 0 fully saturated rings.